The minimum atomic E-state index is -0.297. The van der Waals surface area contributed by atoms with Crippen molar-refractivity contribution in [2.45, 2.75) is 38.8 Å². The molecule has 31 heavy (non-hydrogen) atoms. The third-order valence-electron chi connectivity index (χ3n) is 5.60. The first-order chi connectivity index (χ1) is 15.0. The smallest absolute Gasteiger partial charge is 0.234 e. The molecule has 0 spiro atoms. The summed E-state index contributed by atoms with van der Waals surface area (Å²) >= 11 is 0. The largest absolute Gasteiger partial charge is 0.441 e. The molecule has 1 fully saturated rings. The molecule has 1 unspecified atom stereocenters. The fourth-order valence-corrected chi connectivity index (χ4v) is 3.98. The molecule has 1 saturated heterocycles. The first kappa shape index (κ1) is 20.8. The lowest BCUT2D eigenvalue weighted by molar-refractivity contribution is -0.122. The zero-order valence-electron chi connectivity index (χ0n) is 17.5. The predicted molar refractivity (Wildman–Crippen MR) is 118 cm³/mol. The van der Waals surface area contributed by atoms with Gasteiger partial charge in [-0.3, -0.25) is 14.5 Å². The van der Waals surface area contributed by atoms with E-state index in [-0.39, 0.29) is 24.3 Å². The first-order valence-electron chi connectivity index (χ1n) is 10.4. The second kappa shape index (κ2) is 9.14. The number of para-hydroxylation sites is 1. The molecule has 1 aliphatic heterocycles. The number of rotatable bonds is 7. The number of hydrogen-bond acceptors (Lipinski definition) is 5. The van der Waals surface area contributed by atoms with Crippen molar-refractivity contribution in [3.05, 3.63) is 71.6 Å². The molecule has 0 bridgehead atoms. The van der Waals surface area contributed by atoms with Gasteiger partial charge in [0.15, 0.2) is 0 Å². The van der Waals surface area contributed by atoms with Crippen molar-refractivity contribution in [2.75, 3.05) is 11.9 Å². The molecular weight excluding hydrogens is 392 g/mol. The number of nitrogens with one attached hydrogen (secondary N) is 1. The second-order valence-electron chi connectivity index (χ2n) is 7.80. The molecular formula is C24H26N4O3. The van der Waals surface area contributed by atoms with E-state index in [0.717, 1.165) is 36.2 Å². The number of nitrogens with two attached hydrogens (primary N) is 1. The van der Waals surface area contributed by atoms with Crippen LogP contribution in [0.5, 0.6) is 0 Å². The van der Waals surface area contributed by atoms with E-state index >= 15 is 0 Å². The SMILES string of the molecule is Cc1oc(-c2ccccc2)nc1CC(=O)Nc1ccccc1CN1CCCC1C(N)=O. The van der Waals surface area contributed by atoms with Gasteiger partial charge in [-0.15, -0.1) is 0 Å². The van der Waals surface area contributed by atoms with Crippen LogP contribution in [0.15, 0.2) is 59.0 Å². The highest BCUT2D eigenvalue weighted by molar-refractivity contribution is 5.93. The van der Waals surface area contributed by atoms with Crippen LogP contribution in [0, 0.1) is 6.92 Å². The van der Waals surface area contributed by atoms with Gasteiger partial charge in [0.25, 0.3) is 0 Å². The van der Waals surface area contributed by atoms with E-state index in [1.165, 1.54) is 0 Å². The maximum absolute atomic E-state index is 12.8. The Morgan fingerprint density at radius 3 is 2.68 bits per heavy atom. The number of carbonyl (C=O) groups excluding carboxylic acids is 2. The van der Waals surface area contributed by atoms with Crippen molar-refractivity contribution < 1.29 is 14.0 Å². The summed E-state index contributed by atoms with van der Waals surface area (Å²) in [7, 11) is 0. The van der Waals surface area contributed by atoms with E-state index in [1.54, 1.807) is 0 Å². The number of oxazole rings is 1. The van der Waals surface area contributed by atoms with Crippen molar-refractivity contribution in [1.82, 2.24) is 9.88 Å². The fraction of sp³-hybridized carbons (Fsp3) is 0.292. The molecule has 160 valence electrons. The molecule has 1 aliphatic rings. The van der Waals surface area contributed by atoms with Gasteiger partial charge in [-0.05, 0) is 50.1 Å². The van der Waals surface area contributed by atoms with Gasteiger partial charge < -0.3 is 15.5 Å². The lowest BCUT2D eigenvalue weighted by atomic mass is 10.1. The Hall–Kier alpha value is -3.45. The lowest BCUT2D eigenvalue weighted by Crippen LogP contribution is -2.39. The molecule has 7 nitrogen and oxygen atoms in total. The highest BCUT2D eigenvalue weighted by Gasteiger charge is 2.29. The number of hydrogen-bond donors (Lipinski definition) is 2. The normalized spacial score (nSPS) is 16.4. The van der Waals surface area contributed by atoms with E-state index in [1.807, 2.05) is 61.5 Å². The Morgan fingerprint density at radius 1 is 1.16 bits per heavy atom. The highest BCUT2D eigenvalue weighted by Crippen LogP contribution is 2.25. The molecule has 3 N–H and O–H groups in total. The molecule has 1 atom stereocenters. The standard InChI is InChI=1S/C24H26N4O3/c1-16-20(27-24(31-16)17-8-3-2-4-9-17)14-22(29)26-19-11-6-5-10-18(19)15-28-13-7-12-21(28)23(25)30/h2-6,8-11,21H,7,12-15H2,1H3,(H2,25,30)(H,26,29). The summed E-state index contributed by atoms with van der Waals surface area (Å²) in [5.41, 5.74) is 8.70. The van der Waals surface area contributed by atoms with Crippen molar-refractivity contribution in [3.63, 3.8) is 0 Å². The van der Waals surface area contributed by atoms with E-state index < -0.39 is 0 Å². The summed E-state index contributed by atoms with van der Waals surface area (Å²) < 4.78 is 5.76. The number of amides is 2. The van der Waals surface area contributed by atoms with Crippen LogP contribution in [0.25, 0.3) is 11.5 Å². The zero-order valence-corrected chi connectivity index (χ0v) is 17.5. The van der Waals surface area contributed by atoms with Crippen LogP contribution in [-0.2, 0) is 22.6 Å². The number of benzene rings is 2. The zero-order chi connectivity index (χ0) is 21.8. The Kier molecular flexibility index (Phi) is 6.13. The fourth-order valence-electron chi connectivity index (χ4n) is 3.98. The van der Waals surface area contributed by atoms with Gasteiger partial charge >= 0.3 is 0 Å². The van der Waals surface area contributed by atoms with Crippen LogP contribution in [0.2, 0.25) is 0 Å². The average Bonchev–Trinajstić information content (AvgIpc) is 3.37. The number of likely N-dealkylation sites (tertiary alicyclic amines) is 1. The molecule has 4 rings (SSSR count). The minimum absolute atomic E-state index is 0.115. The number of carbonyl (C=O) groups is 2. The number of aryl methyl sites for hydroxylation is 1. The topological polar surface area (TPSA) is 101 Å². The highest BCUT2D eigenvalue weighted by atomic mass is 16.4. The molecule has 0 aliphatic carbocycles. The third kappa shape index (κ3) is 4.83. The van der Waals surface area contributed by atoms with Crippen LogP contribution in [0.3, 0.4) is 0 Å². The van der Waals surface area contributed by atoms with Gasteiger partial charge in [-0.25, -0.2) is 4.98 Å². The Balaban J connectivity index is 1.45. The molecule has 0 radical (unpaired) electrons. The molecule has 2 amide bonds. The summed E-state index contributed by atoms with van der Waals surface area (Å²) in [6.07, 6.45) is 1.83. The van der Waals surface area contributed by atoms with Gasteiger partial charge in [0.1, 0.15) is 5.76 Å². The number of primary amides is 1. The average molecular weight is 418 g/mol. The molecule has 7 heteroatoms. The van der Waals surface area contributed by atoms with Crippen molar-refractivity contribution in [3.8, 4) is 11.5 Å². The number of anilines is 1. The van der Waals surface area contributed by atoms with E-state index in [4.69, 9.17) is 10.2 Å². The number of aromatic nitrogens is 1. The van der Waals surface area contributed by atoms with Crippen LogP contribution in [0.1, 0.15) is 29.9 Å². The Bertz CT molecular complexity index is 1080. The summed E-state index contributed by atoms with van der Waals surface area (Å²) in [5.74, 6) is 0.669. The second-order valence-corrected chi connectivity index (χ2v) is 7.80. The van der Waals surface area contributed by atoms with Crippen LogP contribution < -0.4 is 11.1 Å². The van der Waals surface area contributed by atoms with E-state index in [2.05, 4.69) is 15.2 Å². The molecule has 1 aromatic heterocycles. The summed E-state index contributed by atoms with van der Waals surface area (Å²) in [4.78, 5) is 31.0. The third-order valence-corrected chi connectivity index (χ3v) is 5.60. The summed E-state index contributed by atoms with van der Waals surface area (Å²) in [5, 5.41) is 2.99. The van der Waals surface area contributed by atoms with Crippen LogP contribution in [-0.4, -0.2) is 34.3 Å². The van der Waals surface area contributed by atoms with Crippen molar-refractivity contribution in [1.29, 1.82) is 0 Å². The first-order valence-corrected chi connectivity index (χ1v) is 10.4. The summed E-state index contributed by atoms with van der Waals surface area (Å²) in [6, 6.07) is 17.0. The molecule has 0 saturated carbocycles. The lowest BCUT2D eigenvalue weighted by Gasteiger charge is -2.23. The van der Waals surface area contributed by atoms with Gasteiger partial charge in [-0.2, -0.15) is 0 Å². The van der Waals surface area contributed by atoms with E-state index in [9.17, 15) is 9.59 Å². The molecule has 3 aromatic rings. The minimum Gasteiger partial charge on any atom is -0.441 e. The van der Waals surface area contributed by atoms with E-state index in [0.29, 0.717) is 23.9 Å². The Labute approximate surface area is 181 Å². The monoisotopic (exact) mass is 418 g/mol. The summed E-state index contributed by atoms with van der Waals surface area (Å²) in [6.45, 7) is 3.19. The van der Waals surface area contributed by atoms with Crippen molar-refractivity contribution in [2.24, 2.45) is 5.73 Å². The molecule has 2 heterocycles. The van der Waals surface area contributed by atoms with Crippen molar-refractivity contribution >= 4 is 17.5 Å². The quantitative estimate of drug-likeness (QED) is 0.613. The van der Waals surface area contributed by atoms with Gasteiger partial charge in [-0.1, -0.05) is 36.4 Å². The maximum Gasteiger partial charge on any atom is 0.234 e. The van der Waals surface area contributed by atoms with Crippen LogP contribution in [0.4, 0.5) is 5.69 Å². The van der Waals surface area contributed by atoms with Gasteiger partial charge in [0.2, 0.25) is 17.7 Å². The number of nitrogens with zero attached hydrogens (tertiary/aromatic N) is 2. The predicted octanol–water partition coefficient (Wildman–Crippen LogP) is 3.28. The van der Waals surface area contributed by atoms with Gasteiger partial charge in [0, 0.05) is 17.8 Å². The van der Waals surface area contributed by atoms with Crippen LogP contribution >= 0.6 is 0 Å². The van der Waals surface area contributed by atoms with Gasteiger partial charge in [0.05, 0.1) is 18.2 Å². The maximum atomic E-state index is 12.8. The Morgan fingerprint density at radius 2 is 1.90 bits per heavy atom. The molecule has 2 aromatic carbocycles.